The smallest absolute Gasteiger partial charge is 0.0318 e. The molecule has 0 aliphatic heterocycles. The third-order valence-corrected chi connectivity index (χ3v) is 12.8. The van der Waals surface area contributed by atoms with Gasteiger partial charge in [0.05, 0.1) is 0 Å². The Balaban J connectivity index is 1.18. The van der Waals surface area contributed by atoms with Crippen molar-refractivity contribution in [3.8, 4) is 23.7 Å². The zero-order valence-corrected chi connectivity index (χ0v) is 31.1. The first-order valence-electron chi connectivity index (χ1n) is 20.7. The second-order valence-electron chi connectivity index (χ2n) is 16.0. The maximum Gasteiger partial charge on any atom is 0.0318 e. The van der Waals surface area contributed by atoms with E-state index in [-0.39, 0.29) is 0 Å². The van der Waals surface area contributed by atoms with Gasteiger partial charge in [-0.1, -0.05) is 96.5 Å². The highest BCUT2D eigenvalue weighted by molar-refractivity contribution is 5.61. The quantitative estimate of drug-likeness (QED) is 0.128. The van der Waals surface area contributed by atoms with Crippen LogP contribution in [-0.2, 0) is 77.0 Å². The van der Waals surface area contributed by atoms with E-state index in [4.69, 9.17) is 0 Å². The Morgan fingerprint density at radius 2 is 0.462 bits per heavy atom. The van der Waals surface area contributed by atoms with E-state index in [0.717, 1.165) is 51.4 Å². The molecule has 0 nitrogen and oxygen atoms in total. The van der Waals surface area contributed by atoms with Crippen LogP contribution in [0.25, 0.3) is 0 Å². The van der Waals surface area contributed by atoms with Gasteiger partial charge in [-0.15, -0.1) is 0 Å². The van der Waals surface area contributed by atoms with Crippen molar-refractivity contribution in [2.24, 2.45) is 0 Å². The van der Waals surface area contributed by atoms with Crippen LogP contribution in [0.5, 0.6) is 0 Å². The molecule has 9 rings (SSSR count). The van der Waals surface area contributed by atoms with Crippen LogP contribution in [-0.4, -0.2) is 0 Å². The Kier molecular flexibility index (Phi) is 9.75. The van der Waals surface area contributed by atoms with E-state index in [9.17, 15) is 0 Å². The average molecular weight is 677 g/mol. The van der Waals surface area contributed by atoms with E-state index < -0.39 is 0 Å². The van der Waals surface area contributed by atoms with E-state index in [1.165, 1.54) is 166 Å². The van der Waals surface area contributed by atoms with Crippen LogP contribution in [0.4, 0.5) is 0 Å². The lowest BCUT2D eigenvalue weighted by molar-refractivity contribution is 0.682. The van der Waals surface area contributed by atoms with Gasteiger partial charge in [0.2, 0.25) is 0 Å². The molecule has 0 radical (unpaired) electrons. The maximum absolute atomic E-state index is 3.89. The van der Waals surface area contributed by atoms with Crippen molar-refractivity contribution in [1.29, 1.82) is 0 Å². The van der Waals surface area contributed by atoms with Crippen LogP contribution in [0.2, 0.25) is 0 Å². The first-order valence-corrected chi connectivity index (χ1v) is 20.7. The minimum atomic E-state index is 0.922. The monoisotopic (exact) mass is 676 g/mol. The third kappa shape index (κ3) is 6.75. The number of fused-ring (bicyclic) bond motifs is 12. The minimum absolute atomic E-state index is 0.922. The predicted molar refractivity (Wildman–Crippen MR) is 217 cm³/mol. The molecular weight excluding hydrogens is 625 g/mol. The fraction of sp³-hybridized carbons (Fsp3) is 0.385. The minimum Gasteiger partial charge on any atom is -0.0838 e. The number of allylic oxidation sites excluding steroid dienone is 4. The lowest BCUT2D eigenvalue weighted by Gasteiger charge is -2.21. The lowest BCUT2D eigenvalue weighted by Crippen LogP contribution is -2.09. The Labute approximate surface area is 312 Å². The summed E-state index contributed by atoms with van der Waals surface area (Å²) in [6, 6.07) is 19.2. The number of aryl methyl sites for hydroxylation is 4. The van der Waals surface area contributed by atoms with Crippen LogP contribution < -0.4 is 0 Å². The predicted octanol–water partition coefficient (Wildman–Crippen LogP) is 11.0. The van der Waals surface area contributed by atoms with Gasteiger partial charge in [0.25, 0.3) is 0 Å². The van der Waals surface area contributed by atoms with Gasteiger partial charge in [0, 0.05) is 22.3 Å². The SMILES string of the molecule is C1#Cc2c(ccc3c2CCCC3)C/C=C\Cc2ccc3c(c2C#Cc2c(ccc4c2CCCC4)C/C=C\Cc2ccc4c(c21)CCCC4)CCCC3. The van der Waals surface area contributed by atoms with Crippen molar-refractivity contribution in [2.45, 2.75) is 128 Å². The lowest BCUT2D eigenvalue weighted by atomic mass is 9.83. The molecule has 0 heteroatoms. The number of benzene rings is 4. The molecule has 52 heavy (non-hydrogen) atoms. The van der Waals surface area contributed by atoms with Crippen molar-refractivity contribution in [3.63, 3.8) is 0 Å². The van der Waals surface area contributed by atoms with E-state index in [1.807, 2.05) is 0 Å². The van der Waals surface area contributed by atoms with E-state index in [2.05, 4.69) is 96.5 Å². The molecule has 4 aromatic rings. The van der Waals surface area contributed by atoms with E-state index in [1.54, 1.807) is 0 Å². The molecule has 0 bridgehead atoms. The summed E-state index contributed by atoms with van der Waals surface area (Å²) in [6.45, 7) is 0. The van der Waals surface area contributed by atoms with Crippen LogP contribution in [0.3, 0.4) is 0 Å². The second kappa shape index (κ2) is 15.2. The summed E-state index contributed by atoms with van der Waals surface area (Å²) in [5, 5.41) is 0. The maximum atomic E-state index is 3.89. The summed E-state index contributed by atoms with van der Waals surface area (Å²) < 4.78 is 0. The van der Waals surface area contributed by atoms with Gasteiger partial charge >= 0.3 is 0 Å². The molecule has 0 saturated heterocycles. The van der Waals surface area contributed by atoms with Gasteiger partial charge in [-0.3, -0.25) is 0 Å². The summed E-state index contributed by atoms with van der Waals surface area (Å²) in [6.07, 6.45) is 32.9. The average Bonchev–Trinajstić information content (AvgIpc) is 3.20. The van der Waals surface area contributed by atoms with Crippen molar-refractivity contribution >= 4 is 0 Å². The van der Waals surface area contributed by atoms with Gasteiger partial charge in [0.15, 0.2) is 0 Å². The van der Waals surface area contributed by atoms with Crippen molar-refractivity contribution < 1.29 is 0 Å². The highest BCUT2D eigenvalue weighted by atomic mass is 14.2. The largest absolute Gasteiger partial charge is 0.0838 e. The highest BCUT2D eigenvalue weighted by Crippen LogP contribution is 2.32. The van der Waals surface area contributed by atoms with Gasteiger partial charge in [-0.2, -0.15) is 0 Å². The summed E-state index contributed by atoms with van der Waals surface area (Å²) >= 11 is 0. The van der Waals surface area contributed by atoms with Crippen LogP contribution in [0, 0.1) is 23.7 Å². The molecule has 0 fully saturated rings. The molecule has 0 heterocycles. The molecule has 5 aliphatic carbocycles. The Hall–Kier alpha value is -4.52. The highest BCUT2D eigenvalue weighted by Gasteiger charge is 2.20. The molecular formula is C52H52. The molecule has 0 spiro atoms. The molecule has 5 aliphatic rings. The molecule has 0 atom stereocenters. The van der Waals surface area contributed by atoms with Gasteiger partial charge in [-0.25, -0.2) is 0 Å². The summed E-state index contributed by atoms with van der Waals surface area (Å²) in [7, 11) is 0. The van der Waals surface area contributed by atoms with Gasteiger partial charge < -0.3 is 0 Å². The van der Waals surface area contributed by atoms with Crippen molar-refractivity contribution in [2.75, 3.05) is 0 Å². The first kappa shape index (κ1) is 33.3. The molecule has 0 N–H and O–H groups in total. The zero-order chi connectivity index (χ0) is 34.7. The van der Waals surface area contributed by atoms with Crippen molar-refractivity contribution in [1.82, 2.24) is 0 Å². The van der Waals surface area contributed by atoms with Crippen LogP contribution >= 0.6 is 0 Å². The fourth-order valence-electron chi connectivity index (χ4n) is 9.90. The molecule has 0 aromatic heterocycles. The molecule has 4 aromatic carbocycles. The van der Waals surface area contributed by atoms with Crippen LogP contribution in [0.15, 0.2) is 72.8 Å². The number of hydrogen-bond donors (Lipinski definition) is 0. The van der Waals surface area contributed by atoms with Crippen LogP contribution in [0.1, 0.15) is 140 Å². The Morgan fingerprint density at radius 3 is 0.712 bits per heavy atom. The second-order valence-corrected chi connectivity index (χ2v) is 16.0. The Morgan fingerprint density at radius 1 is 0.250 bits per heavy atom. The number of rotatable bonds is 0. The first-order chi connectivity index (χ1) is 25.8. The molecule has 260 valence electrons. The van der Waals surface area contributed by atoms with Gasteiger partial charge in [-0.05, 0) is 195 Å². The third-order valence-electron chi connectivity index (χ3n) is 12.8. The molecule has 0 unspecified atom stereocenters. The standard InChI is InChI=1S/C52H52/c1-2-14-42-30-26-38-18-6-10-22-46(38)50(42)35-36-52-44(32-28-40-20-8-12-24-48(40)52)16-4-3-15-43-31-27-39-19-7-11-23-47(39)51(43)34-33-49-41(13-1)29-25-37-17-5-9-21-45(37)49/h1-4,25-32H,5-24H2/b2-1-,4-3-. The van der Waals surface area contributed by atoms with E-state index in [0.29, 0.717) is 0 Å². The normalized spacial score (nSPS) is 19.1. The zero-order valence-electron chi connectivity index (χ0n) is 31.1. The fourth-order valence-corrected chi connectivity index (χ4v) is 9.90. The van der Waals surface area contributed by atoms with E-state index >= 15 is 0 Å². The Bertz CT molecular complexity index is 1900. The topological polar surface area (TPSA) is 0 Å². The molecule has 0 amide bonds. The number of hydrogen-bond acceptors (Lipinski definition) is 0. The van der Waals surface area contributed by atoms with Gasteiger partial charge in [0.1, 0.15) is 0 Å². The summed E-state index contributed by atoms with van der Waals surface area (Å²) in [5.41, 5.74) is 23.0. The molecule has 0 saturated carbocycles. The summed E-state index contributed by atoms with van der Waals surface area (Å²) in [5.74, 6) is 15.5. The summed E-state index contributed by atoms with van der Waals surface area (Å²) in [4.78, 5) is 0. The van der Waals surface area contributed by atoms with Crippen molar-refractivity contribution in [3.05, 3.63) is 162 Å².